The Bertz CT molecular complexity index is 944. The number of aryl methyl sites for hydroxylation is 1. The van der Waals surface area contributed by atoms with E-state index in [1.807, 2.05) is 13.0 Å². The third kappa shape index (κ3) is 4.28. The third-order valence-corrected chi connectivity index (χ3v) is 5.60. The molecule has 0 spiro atoms. The number of aliphatic imine (C=N–C) groups is 1. The Balaban J connectivity index is 1.93. The standard InChI is InChI=1S/C17H11Br2ClN2O2S/c1-8-2-3-11(20)7-13(8)21-17-22-16(24)14(25-17)5-9-4-10(18)6-12(19)15(9)23/h2-7,23H,1H3,(H,21,22,24)/b14-5-. The molecular formula is C17H11Br2ClN2O2S. The van der Waals surface area contributed by atoms with Gasteiger partial charge in [-0.05, 0) is 70.5 Å². The fourth-order valence-corrected chi connectivity index (χ4v) is 4.38. The normalized spacial score (nSPS) is 17.4. The lowest BCUT2D eigenvalue weighted by molar-refractivity contribution is -0.115. The Kier molecular flexibility index (Phi) is 5.58. The Morgan fingerprint density at radius 1 is 1.28 bits per heavy atom. The van der Waals surface area contributed by atoms with Crippen LogP contribution >= 0.6 is 55.2 Å². The van der Waals surface area contributed by atoms with E-state index in [1.54, 1.807) is 30.3 Å². The summed E-state index contributed by atoms with van der Waals surface area (Å²) in [5.74, 6) is -0.195. The molecule has 1 fully saturated rings. The molecule has 0 atom stereocenters. The molecule has 0 bridgehead atoms. The molecule has 1 aliphatic rings. The minimum Gasteiger partial charge on any atom is -0.506 e. The van der Waals surface area contributed by atoms with Crippen LogP contribution in [0.2, 0.25) is 5.02 Å². The number of phenols is 1. The van der Waals surface area contributed by atoms with E-state index < -0.39 is 0 Å². The van der Waals surface area contributed by atoms with Gasteiger partial charge in [-0.25, -0.2) is 4.99 Å². The van der Waals surface area contributed by atoms with Gasteiger partial charge in [-0.3, -0.25) is 4.79 Å². The van der Waals surface area contributed by atoms with Gasteiger partial charge in [-0.15, -0.1) is 0 Å². The van der Waals surface area contributed by atoms with Gasteiger partial charge in [0.1, 0.15) is 5.75 Å². The molecule has 0 saturated carbocycles. The van der Waals surface area contributed by atoms with E-state index in [4.69, 9.17) is 11.6 Å². The quantitative estimate of drug-likeness (QED) is 0.513. The molecule has 1 aliphatic heterocycles. The van der Waals surface area contributed by atoms with Crippen LogP contribution in [0.3, 0.4) is 0 Å². The number of rotatable bonds is 2. The van der Waals surface area contributed by atoms with Crippen LogP contribution in [0.15, 0.2) is 49.2 Å². The van der Waals surface area contributed by atoms with Crippen molar-refractivity contribution in [3.63, 3.8) is 0 Å². The molecule has 2 aromatic rings. The molecule has 1 heterocycles. The fraction of sp³-hybridized carbons (Fsp3) is 0.0588. The zero-order valence-electron chi connectivity index (χ0n) is 12.8. The number of carbonyl (C=O) groups is 1. The fourth-order valence-electron chi connectivity index (χ4n) is 2.13. The van der Waals surface area contributed by atoms with Crippen LogP contribution in [0.4, 0.5) is 5.69 Å². The number of carbonyl (C=O) groups excluding carboxylic acids is 1. The van der Waals surface area contributed by atoms with Crippen molar-refractivity contribution in [2.75, 3.05) is 0 Å². The van der Waals surface area contributed by atoms with Crippen molar-refractivity contribution in [3.8, 4) is 5.75 Å². The van der Waals surface area contributed by atoms with Crippen LogP contribution in [-0.4, -0.2) is 16.2 Å². The van der Waals surface area contributed by atoms with Gasteiger partial charge in [-0.1, -0.05) is 33.6 Å². The van der Waals surface area contributed by atoms with E-state index in [-0.39, 0.29) is 11.7 Å². The average molecular weight is 503 g/mol. The largest absolute Gasteiger partial charge is 0.506 e. The minimum absolute atomic E-state index is 0.0696. The Morgan fingerprint density at radius 2 is 2.04 bits per heavy atom. The third-order valence-electron chi connectivity index (χ3n) is 3.39. The number of hydrogen-bond donors (Lipinski definition) is 2. The lowest BCUT2D eigenvalue weighted by Crippen LogP contribution is -2.19. The zero-order chi connectivity index (χ0) is 18.1. The van der Waals surface area contributed by atoms with E-state index in [9.17, 15) is 9.90 Å². The number of thioether (sulfide) groups is 1. The number of amides is 1. The lowest BCUT2D eigenvalue weighted by Gasteiger charge is -2.03. The first-order chi connectivity index (χ1) is 11.8. The van der Waals surface area contributed by atoms with E-state index >= 15 is 0 Å². The highest BCUT2D eigenvalue weighted by Gasteiger charge is 2.24. The molecule has 128 valence electrons. The number of phenolic OH excluding ortho intramolecular Hbond substituents is 1. The van der Waals surface area contributed by atoms with Crippen molar-refractivity contribution >= 4 is 78.1 Å². The number of amidine groups is 1. The predicted molar refractivity (Wildman–Crippen MR) is 111 cm³/mol. The number of nitrogens with one attached hydrogen (secondary N) is 1. The van der Waals surface area contributed by atoms with Gasteiger partial charge in [0.15, 0.2) is 5.17 Å². The maximum atomic E-state index is 12.2. The molecule has 1 saturated heterocycles. The summed E-state index contributed by atoms with van der Waals surface area (Å²) < 4.78 is 1.33. The van der Waals surface area contributed by atoms with Crippen molar-refractivity contribution in [1.29, 1.82) is 0 Å². The molecule has 2 aromatic carbocycles. The summed E-state index contributed by atoms with van der Waals surface area (Å²) in [4.78, 5) is 17.1. The van der Waals surface area contributed by atoms with Gasteiger partial charge < -0.3 is 10.4 Å². The van der Waals surface area contributed by atoms with E-state index in [0.717, 1.165) is 10.0 Å². The SMILES string of the molecule is Cc1ccc(Cl)cc1N=C1NC(=O)/C(=C/c2cc(Br)cc(Br)c2O)S1. The molecule has 25 heavy (non-hydrogen) atoms. The predicted octanol–water partition coefficient (Wildman–Crippen LogP) is 5.77. The molecule has 4 nitrogen and oxygen atoms in total. The van der Waals surface area contributed by atoms with Gasteiger partial charge >= 0.3 is 0 Å². The number of nitrogens with zero attached hydrogens (tertiary/aromatic N) is 1. The van der Waals surface area contributed by atoms with Crippen molar-refractivity contribution in [1.82, 2.24) is 5.32 Å². The number of aromatic hydroxyl groups is 1. The Labute approximate surface area is 170 Å². The van der Waals surface area contributed by atoms with Gasteiger partial charge in [-0.2, -0.15) is 0 Å². The van der Waals surface area contributed by atoms with Crippen molar-refractivity contribution in [2.24, 2.45) is 4.99 Å². The van der Waals surface area contributed by atoms with Gasteiger partial charge in [0, 0.05) is 15.1 Å². The second-order valence-electron chi connectivity index (χ2n) is 5.24. The average Bonchev–Trinajstić information content (AvgIpc) is 2.87. The summed E-state index contributed by atoms with van der Waals surface area (Å²) in [5, 5.41) is 13.9. The van der Waals surface area contributed by atoms with Crippen molar-refractivity contribution in [3.05, 3.63) is 60.3 Å². The molecule has 0 unspecified atom stereocenters. The van der Waals surface area contributed by atoms with E-state index in [0.29, 0.717) is 30.8 Å². The van der Waals surface area contributed by atoms with Gasteiger partial charge in [0.2, 0.25) is 0 Å². The molecular weight excluding hydrogens is 492 g/mol. The van der Waals surface area contributed by atoms with Gasteiger partial charge in [0.05, 0.1) is 15.1 Å². The number of benzene rings is 2. The highest BCUT2D eigenvalue weighted by atomic mass is 79.9. The molecule has 2 N–H and O–H groups in total. The minimum atomic E-state index is -0.265. The summed E-state index contributed by atoms with van der Waals surface area (Å²) >= 11 is 13.9. The molecule has 0 aliphatic carbocycles. The summed E-state index contributed by atoms with van der Waals surface area (Å²) in [7, 11) is 0. The van der Waals surface area contributed by atoms with Crippen LogP contribution in [0.1, 0.15) is 11.1 Å². The summed E-state index contributed by atoms with van der Waals surface area (Å²) in [6.45, 7) is 1.92. The Hall–Kier alpha value is -1.28. The highest BCUT2D eigenvalue weighted by Crippen LogP contribution is 2.36. The number of halogens is 3. The first-order valence-electron chi connectivity index (χ1n) is 7.07. The molecule has 1 amide bonds. The second kappa shape index (κ2) is 7.53. The molecule has 8 heteroatoms. The Morgan fingerprint density at radius 3 is 2.80 bits per heavy atom. The summed E-state index contributed by atoms with van der Waals surface area (Å²) in [6, 6.07) is 8.87. The topological polar surface area (TPSA) is 61.7 Å². The van der Waals surface area contributed by atoms with Crippen LogP contribution in [0.5, 0.6) is 5.75 Å². The first-order valence-corrected chi connectivity index (χ1v) is 9.85. The lowest BCUT2D eigenvalue weighted by atomic mass is 10.2. The van der Waals surface area contributed by atoms with E-state index in [1.165, 1.54) is 11.8 Å². The molecule has 0 radical (unpaired) electrons. The number of hydrogen-bond acceptors (Lipinski definition) is 4. The highest BCUT2D eigenvalue weighted by molar-refractivity contribution is 9.11. The maximum absolute atomic E-state index is 12.2. The smallest absolute Gasteiger partial charge is 0.264 e. The summed E-state index contributed by atoms with van der Waals surface area (Å²) in [5.41, 5.74) is 2.18. The van der Waals surface area contributed by atoms with Crippen LogP contribution in [0.25, 0.3) is 6.08 Å². The monoisotopic (exact) mass is 500 g/mol. The maximum Gasteiger partial charge on any atom is 0.264 e. The van der Waals surface area contributed by atoms with Crippen LogP contribution in [-0.2, 0) is 4.79 Å². The molecule has 0 aromatic heterocycles. The van der Waals surface area contributed by atoms with Crippen LogP contribution < -0.4 is 5.32 Å². The van der Waals surface area contributed by atoms with Crippen molar-refractivity contribution < 1.29 is 9.90 Å². The van der Waals surface area contributed by atoms with Gasteiger partial charge in [0.25, 0.3) is 5.91 Å². The van der Waals surface area contributed by atoms with Crippen molar-refractivity contribution in [2.45, 2.75) is 6.92 Å². The van der Waals surface area contributed by atoms with Crippen LogP contribution in [0, 0.1) is 6.92 Å². The second-order valence-corrected chi connectivity index (χ2v) is 8.48. The zero-order valence-corrected chi connectivity index (χ0v) is 17.6. The molecule has 3 rings (SSSR count). The first kappa shape index (κ1) is 18.5. The summed E-state index contributed by atoms with van der Waals surface area (Å²) in [6.07, 6.45) is 1.62. The van der Waals surface area contributed by atoms with E-state index in [2.05, 4.69) is 42.2 Å².